The standard InChI is InChI=1S/C13H26N4O3S/c1-10(2)8-16-13(14-3)15-6-4-12(18)17-11-5-7-21(19,20)9-11/h10-11H,4-9H2,1-3H3,(H,17,18)(H2,14,15,16). The molecule has 8 heteroatoms. The van der Waals surface area contributed by atoms with Gasteiger partial charge in [-0.1, -0.05) is 13.8 Å². The zero-order valence-electron chi connectivity index (χ0n) is 13.0. The third-order valence-electron chi connectivity index (χ3n) is 3.14. The van der Waals surface area contributed by atoms with Gasteiger partial charge in [0.15, 0.2) is 15.8 Å². The molecule has 1 rings (SSSR count). The number of carbonyl (C=O) groups excluding carboxylic acids is 1. The molecule has 1 saturated heterocycles. The van der Waals surface area contributed by atoms with Crippen LogP contribution in [0.4, 0.5) is 0 Å². The van der Waals surface area contributed by atoms with Gasteiger partial charge in [-0.05, 0) is 12.3 Å². The molecule has 0 radical (unpaired) electrons. The summed E-state index contributed by atoms with van der Waals surface area (Å²) in [5.74, 6) is 1.27. The zero-order valence-corrected chi connectivity index (χ0v) is 13.8. The van der Waals surface area contributed by atoms with E-state index in [0.717, 1.165) is 6.54 Å². The molecule has 1 aliphatic heterocycles. The molecule has 1 unspecified atom stereocenters. The van der Waals surface area contributed by atoms with Gasteiger partial charge < -0.3 is 16.0 Å². The lowest BCUT2D eigenvalue weighted by Crippen LogP contribution is -2.42. The third-order valence-corrected chi connectivity index (χ3v) is 4.91. The van der Waals surface area contributed by atoms with Gasteiger partial charge >= 0.3 is 0 Å². The lowest BCUT2D eigenvalue weighted by Gasteiger charge is -2.14. The molecular weight excluding hydrogens is 292 g/mol. The summed E-state index contributed by atoms with van der Waals surface area (Å²) < 4.78 is 22.6. The first-order chi connectivity index (χ1) is 9.82. The van der Waals surface area contributed by atoms with Crippen molar-refractivity contribution in [3.05, 3.63) is 0 Å². The monoisotopic (exact) mass is 318 g/mol. The number of hydrogen-bond donors (Lipinski definition) is 3. The second-order valence-corrected chi connectivity index (χ2v) is 7.92. The number of hydrogen-bond acceptors (Lipinski definition) is 4. The Kier molecular flexibility index (Phi) is 6.94. The molecular formula is C13H26N4O3S. The summed E-state index contributed by atoms with van der Waals surface area (Å²) in [6, 6.07) is -0.235. The van der Waals surface area contributed by atoms with Crippen molar-refractivity contribution in [1.82, 2.24) is 16.0 Å². The summed E-state index contributed by atoms with van der Waals surface area (Å²) in [5, 5.41) is 8.97. The Hall–Kier alpha value is -1.31. The average molecular weight is 318 g/mol. The highest BCUT2D eigenvalue weighted by Gasteiger charge is 2.28. The van der Waals surface area contributed by atoms with Crippen molar-refractivity contribution in [1.29, 1.82) is 0 Å². The van der Waals surface area contributed by atoms with Crippen molar-refractivity contribution >= 4 is 21.7 Å². The van der Waals surface area contributed by atoms with Gasteiger partial charge in [-0.25, -0.2) is 8.42 Å². The van der Waals surface area contributed by atoms with E-state index in [1.165, 1.54) is 0 Å². The van der Waals surface area contributed by atoms with Crippen LogP contribution in [0.3, 0.4) is 0 Å². The molecule has 3 N–H and O–H groups in total. The van der Waals surface area contributed by atoms with Crippen LogP contribution in [0.1, 0.15) is 26.7 Å². The van der Waals surface area contributed by atoms with Gasteiger partial charge in [0.2, 0.25) is 5.91 Å². The molecule has 1 amide bonds. The minimum Gasteiger partial charge on any atom is -0.356 e. The second kappa shape index (κ2) is 8.21. The van der Waals surface area contributed by atoms with E-state index in [-0.39, 0.29) is 23.5 Å². The normalized spacial score (nSPS) is 21.3. The number of carbonyl (C=O) groups is 1. The van der Waals surface area contributed by atoms with Crippen LogP contribution >= 0.6 is 0 Å². The summed E-state index contributed by atoms with van der Waals surface area (Å²) >= 11 is 0. The number of nitrogens with zero attached hydrogens (tertiary/aromatic N) is 1. The smallest absolute Gasteiger partial charge is 0.222 e. The molecule has 0 aromatic rings. The summed E-state index contributed by atoms with van der Waals surface area (Å²) in [4.78, 5) is 15.8. The molecule has 0 saturated carbocycles. The van der Waals surface area contributed by atoms with E-state index in [9.17, 15) is 13.2 Å². The summed E-state index contributed by atoms with van der Waals surface area (Å²) in [6.45, 7) is 5.47. The Morgan fingerprint density at radius 1 is 1.33 bits per heavy atom. The van der Waals surface area contributed by atoms with Gasteiger partial charge in [-0.15, -0.1) is 0 Å². The average Bonchev–Trinajstić information content (AvgIpc) is 2.72. The molecule has 1 fully saturated rings. The maximum atomic E-state index is 11.7. The third kappa shape index (κ3) is 7.31. The van der Waals surface area contributed by atoms with Gasteiger partial charge in [-0.2, -0.15) is 0 Å². The lowest BCUT2D eigenvalue weighted by atomic mass is 10.2. The molecule has 0 bridgehead atoms. The molecule has 1 atom stereocenters. The van der Waals surface area contributed by atoms with Crippen LogP contribution in [-0.2, 0) is 14.6 Å². The van der Waals surface area contributed by atoms with Crippen molar-refractivity contribution in [3.63, 3.8) is 0 Å². The van der Waals surface area contributed by atoms with Gasteiger partial charge in [-0.3, -0.25) is 9.79 Å². The van der Waals surface area contributed by atoms with Gasteiger partial charge in [0, 0.05) is 32.6 Å². The Morgan fingerprint density at radius 2 is 2.05 bits per heavy atom. The van der Waals surface area contributed by atoms with E-state index in [0.29, 0.717) is 31.3 Å². The highest BCUT2D eigenvalue weighted by atomic mass is 32.2. The van der Waals surface area contributed by atoms with Crippen molar-refractivity contribution < 1.29 is 13.2 Å². The van der Waals surface area contributed by atoms with Crippen LogP contribution < -0.4 is 16.0 Å². The number of rotatable bonds is 6. The Labute approximate surface area is 126 Å². The molecule has 1 heterocycles. The van der Waals surface area contributed by atoms with Crippen LogP contribution in [0.25, 0.3) is 0 Å². The fourth-order valence-electron chi connectivity index (χ4n) is 2.02. The predicted octanol–water partition coefficient (Wildman–Crippen LogP) is -0.499. The second-order valence-electron chi connectivity index (χ2n) is 5.69. The Balaban J connectivity index is 2.21. The van der Waals surface area contributed by atoms with Crippen molar-refractivity contribution in [2.24, 2.45) is 10.9 Å². The molecule has 1 aliphatic rings. The van der Waals surface area contributed by atoms with E-state index in [1.807, 2.05) is 0 Å². The fraction of sp³-hybridized carbons (Fsp3) is 0.846. The molecule has 122 valence electrons. The summed E-state index contributed by atoms with van der Waals surface area (Å²) in [5.41, 5.74) is 0. The topological polar surface area (TPSA) is 99.7 Å². The zero-order chi connectivity index (χ0) is 15.9. The first-order valence-electron chi connectivity index (χ1n) is 7.26. The first kappa shape index (κ1) is 17.7. The number of guanidine groups is 1. The SMILES string of the molecule is CN=C(NCCC(=O)NC1CCS(=O)(=O)C1)NCC(C)C. The van der Waals surface area contributed by atoms with Crippen molar-refractivity contribution in [2.45, 2.75) is 32.7 Å². The molecule has 7 nitrogen and oxygen atoms in total. The first-order valence-corrected chi connectivity index (χ1v) is 9.09. The van der Waals surface area contributed by atoms with Gasteiger partial charge in [0.05, 0.1) is 11.5 Å². The van der Waals surface area contributed by atoms with Gasteiger partial charge in [0.1, 0.15) is 0 Å². The molecule has 0 spiro atoms. The summed E-state index contributed by atoms with van der Waals surface area (Å²) in [7, 11) is -1.27. The maximum Gasteiger partial charge on any atom is 0.222 e. The fourth-order valence-corrected chi connectivity index (χ4v) is 3.70. The maximum absolute atomic E-state index is 11.7. The van der Waals surface area contributed by atoms with Crippen LogP contribution in [0, 0.1) is 5.92 Å². The predicted molar refractivity (Wildman–Crippen MR) is 84.0 cm³/mol. The van der Waals surface area contributed by atoms with E-state index in [2.05, 4.69) is 34.8 Å². The Bertz CT molecular complexity index is 474. The number of amides is 1. The highest BCUT2D eigenvalue weighted by Crippen LogP contribution is 2.11. The van der Waals surface area contributed by atoms with Crippen molar-refractivity contribution in [3.8, 4) is 0 Å². The van der Waals surface area contributed by atoms with Crippen molar-refractivity contribution in [2.75, 3.05) is 31.6 Å². The molecule has 0 aromatic heterocycles. The highest BCUT2D eigenvalue weighted by molar-refractivity contribution is 7.91. The minimum absolute atomic E-state index is 0.0593. The van der Waals surface area contributed by atoms with E-state index in [4.69, 9.17) is 0 Å². The largest absolute Gasteiger partial charge is 0.356 e. The molecule has 0 aliphatic carbocycles. The minimum atomic E-state index is -2.95. The van der Waals surface area contributed by atoms with Gasteiger partial charge in [0.25, 0.3) is 0 Å². The number of nitrogens with one attached hydrogen (secondary N) is 3. The Morgan fingerprint density at radius 3 is 2.57 bits per heavy atom. The number of sulfone groups is 1. The van der Waals surface area contributed by atoms with E-state index >= 15 is 0 Å². The molecule has 21 heavy (non-hydrogen) atoms. The van der Waals surface area contributed by atoms with Crippen LogP contribution in [0.15, 0.2) is 4.99 Å². The van der Waals surface area contributed by atoms with E-state index in [1.54, 1.807) is 7.05 Å². The lowest BCUT2D eigenvalue weighted by molar-refractivity contribution is -0.121. The van der Waals surface area contributed by atoms with Crippen LogP contribution in [0.5, 0.6) is 0 Å². The van der Waals surface area contributed by atoms with E-state index < -0.39 is 9.84 Å². The molecule has 0 aromatic carbocycles. The van der Waals surface area contributed by atoms with Crippen LogP contribution in [-0.4, -0.2) is 58.0 Å². The quantitative estimate of drug-likeness (QED) is 0.453. The number of aliphatic imine (C=N–C) groups is 1. The summed E-state index contributed by atoms with van der Waals surface area (Å²) in [6.07, 6.45) is 0.804. The van der Waals surface area contributed by atoms with Crippen LogP contribution in [0.2, 0.25) is 0 Å².